The Morgan fingerprint density at radius 3 is 2.50 bits per heavy atom. The van der Waals surface area contributed by atoms with Crippen molar-refractivity contribution >= 4 is 23.4 Å². The Labute approximate surface area is 124 Å². The molecule has 1 aliphatic rings. The van der Waals surface area contributed by atoms with Gasteiger partial charge in [0.1, 0.15) is 0 Å². The summed E-state index contributed by atoms with van der Waals surface area (Å²) in [5, 5.41) is 12.4. The van der Waals surface area contributed by atoms with E-state index in [4.69, 9.17) is 5.73 Å². The zero-order chi connectivity index (χ0) is 14.8. The molecule has 110 valence electrons. The molecule has 1 fully saturated rings. The monoisotopic (exact) mass is 294 g/mol. The first-order chi connectivity index (χ1) is 9.53. The first-order valence-corrected chi connectivity index (χ1v) is 8.13. The smallest absolute Gasteiger partial charge is 0.230 e. The van der Waals surface area contributed by atoms with Crippen LogP contribution in [-0.4, -0.2) is 35.2 Å². The number of amides is 1. The van der Waals surface area contributed by atoms with Crippen LogP contribution in [0.15, 0.2) is 24.3 Å². The molecule has 4 N–H and O–H groups in total. The van der Waals surface area contributed by atoms with E-state index >= 15 is 0 Å². The van der Waals surface area contributed by atoms with Crippen LogP contribution in [0.25, 0.3) is 0 Å². The largest absolute Gasteiger partial charge is 0.399 e. The summed E-state index contributed by atoms with van der Waals surface area (Å²) in [6, 6.07) is 7.50. The predicted molar refractivity (Wildman–Crippen MR) is 83.8 cm³/mol. The fourth-order valence-electron chi connectivity index (χ4n) is 2.45. The Morgan fingerprint density at radius 2 is 2.05 bits per heavy atom. The molecule has 5 heteroatoms. The molecule has 1 amide bonds. The van der Waals surface area contributed by atoms with Gasteiger partial charge in [-0.1, -0.05) is 12.1 Å². The highest BCUT2D eigenvalue weighted by Gasteiger charge is 2.51. The molecule has 0 aromatic heterocycles. The number of hydrogen-bond acceptors (Lipinski definition) is 4. The zero-order valence-corrected chi connectivity index (χ0v) is 12.7. The molecular formula is C15H22N2O2S. The van der Waals surface area contributed by atoms with Crippen LogP contribution in [0.5, 0.6) is 0 Å². The maximum absolute atomic E-state index is 12.5. The number of hydrogen-bond donors (Lipinski definition) is 3. The normalized spacial score (nSPS) is 19.1. The van der Waals surface area contributed by atoms with Gasteiger partial charge in [-0.25, -0.2) is 0 Å². The van der Waals surface area contributed by atoms with E-state index in [2.05, 4.69) is 5.32 Å². The maximum atomic E-state index is 12.5. The first kappa shape index (κ1) is 15.2. The van der Waals surface area contributed by atoms with Gasteiger partial charge in [0.05, 0.1) is 12.0 Å². The Balaban J connectivity index is 2.07. The van der Waals surface area contributed by atoms with Gasteiger partial charge in [0.15, 0.2) is 0 Å². The van der Waals surface area contributed by atoms with Crippen LogP contribution in [0.2, 0.25) is 0 Å². The lowest BCUT2D eigenvalue weighted by molar-refractivity contribution is -0.124. The average Bonchev–Trinajstić information content (AvgIpc) is 3.22. The molecule has 1 aliphatic carbocycles. The summed E-state index contributed by atoms with van der Waals surface area (Å²) in [7, 11) is 0. The minimum Gasteiger partial charge on any atom is -0.399 e. The van der Waals surface area contributed by atoms with Crippen molar-refractivity contribution in [3.8, 4) is 0 Å². The van der Waals surface area contributed by atoms with Gasteiger partial charge in [-0.2, -0.15) is 11.8 Å². The van der Waals surface area contributed by atoms with Gasteiger partial charge in [0, 0.05) is 17.0 Å². The lowest BCUT2D eigenvalue weighted by atomic mass is 9.94. The number of nitrogen functional groups attached to an aromatic ring is 1. The van der Waals surface area contributed by atoms with E-state index in [0.29, 0.717) is 5.69 Å². The minimum atomic E-state index is -0.389. The van der Waals surface area contributed by atoms with Crippen LogP contribution in [-0.2, 0) is 10.2 Å². The van der Waals surface area contributed by atoms with Crippen molar-refractivity contribution in [2.24, 2.45) is 0 Å². The van der Waals surface area contributed by atoms with E-state index < -0.39 is 0 Å². The molecule has 1 aromatic carbocycles. The number of anilines is 1. The number of aliphatic hydroxyl groups is 1. The third kappa shape index (κ3) is 2.94. The van der Waals surface area contributed by atoms with E-state index in [1.807, 2.05) is 37.4 Å². The van der Waals surface area contributed by atoms with Gasteiger partial charge in [-0.3, -0.25) is 4.79 Å². The van der Waals surface area contributed by atoms with Crippen molar-refractivity contribution in [1.29, 1.82) is 0 Å². The van der Waals surface area contributed by atoms with Crippen molar-refractivity contribution < 1.29 is 9.90 Å². The summed E-state index contributed by atoms with van der Waals surface area (Å²) >= 11 is 1.57. The van der Waals surface area contributed by atoms with Crippen LogP contribution < -0.4 is 11.1 Å². The van der Waals surface area contributed by atoms with Crippen LogP contribution >= 0.6 is 11.8 Å². The summed E-state index contributed by atoms with van der Waals surface area (Å²) in [5.74, 6) is 0.0577. The SMILES string of the molecule is CSC(CO)C(C)NC(=O)C1(c2ccc(N)cc2)CC1. The van der Waals surface area contributed by atoms with Gasteiger partial charge in [0.2, 0.25) is 5.91 Å². The Bertz CT molecular complexity index is 467. The van der Waals surface area contributed by atoms with E-state index in [9.17, 15) is 9.90 Å². The lowest BCUT2D eigenvalue weighted by Crippen LogP contribution is -2.45. The van der Waals surface area contributed by atoms with Gasteiger partial charge < -0.3 is 16.2 Å². The number of thioether (sulfide) groups is 1. The van der Waals surface area contributed by atoms with Gasteiger partial charge in [0.25, 0.3) is 0 Å². The molecule has 0 radical (unpaired) electrons. The third-order valence-electron chi connectivity index (χ3n) is 4.05. The Morgan fingerprint density at radius 1 is 1.45 bits per heavy atom. The molecule has 2 rings (SSSR count). The highest BCUT2D eigenvalue weighted by molar-refractivity contribution is 7.99. The van der Waals surface area contributed by atoms with Crippen LogP contribution in [0.3, 0.4) is 0 Å². The van der Waals surface area contributed by atoms with E-state index in [1.165, 1.54) is 0 Å². The van der Waals surface area contributed by atoms with Crippen molar-refractivity contribution in [2.45, 2.75) is 36.5 Å². The molecule has 2 unspecified atom stereocenters. The van der Waals surface area contributed by atoms with Crippen LogP contribution in [0.4, 0.5) is 5.69 Å². The number of aliphatic hydroxyl groups excluding tert-OH is 1. The molecule has 0 bridgehead atoms. The molecule has 4 nitrogen and oxygen atoms in total. The Kier molecular flexibility index (Phi) is 4.60. The summed E-state index contributed by atoms with van der Waals surface area (Å²) in [5.41, 5.74) is 7.04. The van der Waals surface area contributed by atoms with Crippen LogP contribution in [0.1, 0.15) is 25.3 Å². The van der Waals surface area contributed by atoms with Gasteiger partial charge >= 0.3 is 0 Å². The van der Waals surface area contributed by atoms with Gasteiger partial charge in [-0.05, 0) is 43.7 Å². The number of nitrogens with two attached hydrogens (primary N) is 1. The van der Waals surface area contributed by atoms with E-state index in [0.717, 1.165) is 18.4 Å². The van der Waals surface area contributed by atoms with Crippen molar-refractivity contribution in [3.63, 3.8) is 0 Å². The highest BCUT2D eigenvalue weighted by atomic mass is 32.2. The van der Waals surface area contributed by atoms with Gasteiger partial charge in [-0.15, -0.1) is 0 Å². The molecule has 0 saturated heterocycles. The molecule has 2 atom stereocenters. The zero-order valence-electron chi connectivity index (χ0n) is 11.9. The number of carbonyl (C=O) groups excluding carboxylic acids is 1. The average molecular weight is 294 g/mol. The number of nitrogens with one attached hydrogen (secondary N) is 1. The topological polar surface area (TPSA) is 75.3 Å². The summed E-state index contributed by atoms with van der Waals surface area (Å²) in [6.45, 7) is 2.01. The van der Waals surface area contributed by atoms with E-state index in [1.54, 1.807) is 11.8 Å². The molecule has 0 spiro atoms. The third-order valence-corrected chi connectivity index (χ3v) is 5.21. The number of rotatable bonds is 6. The predicted octanol–water partition coefficient (Wildman–Crippen LogP) is 1.53. The molecule has 20 heavy (non-hydrogen) atoms. The van der Waals surface area contributed by atoms with E-state index in [-0.39, 0.29) is 29.2 Å². The quantitative estimate of drug-likeness (QED) is 0.696. The van der Waals surface area contributed by atoms with Crippen molar-refractivity contribution in [3.05, 3.63) is 29.8 Å². The molecule has 0 heterocycles. The number of carbonyl (C=O) groups is 1. The standard InChI is InChI=1S/C15H22N2O2S/c1-10(13(9-18)20-2)17-14(19)15(7-8-15)11-3-5-12(16)6-4-11/h3-6,10,13,18H,7-9,16H2,1-2H3,(H,17,19). The highest BCUT2D eigenvalue weighted by Crippen LogP contribution is 2.48. The minimum absolute atomic E-state index is 0.0289. The second kappa shape index (κ2) is 6.06. The second-order valence-corrected chi connectivity index (χ2v) is 6.50. The maximum Gasteiger partial charge on any atom is 0.230 e. The summed E-state index contributed by atoms with van der Waals surface area (Å²) < 4.78 is 0. The number of benzene rings is 1. The lowest BCUT2D eigenvalue weighted by Gasteiger charge is -2.24. The fourth-order valence-corrected chi connectivity index (χ4v) is 3.07. The summed E-state index contributed by atoms with van der Waals surface area (Å²) in [4.78, 5) is 12.5. The Hall–Kier alpha value is -1.20. The molecule has 0 aliphatic heterocycles. The first-order valence-electron chi connectivity index (χ1n) is 6.84. The molecule has 1 saturated carbocycles. The van der Waals surface area contributed by atoms with Crippen LogP contribution in [0, 0.1) is 0 Å². The van der Waals surface area contributed by atoms with Crippen molar-refractivity contribution in [2.75, 3.05) is 18.6 Å². The molecular weight excluding hydrogens is 272 g/mol. The molecule has 1 aromatic rings. The summed E-state index contributed by atoms with van der Waals surface area (Å²) in [6.07, 6.45) is 3.69. The fraction of sp³-hybridized carbons (Fsp3) is 0.533. The van der Waals surface area contributed by atoms with Crippen molar-refractivity contribution in [1.82, 2.24) is 5.32 Å². The second-order valence-electron chi connectivity index (χ2n) is 5.42.